The second-order valence-electron chi connectivity index (χ2n) is 5.80. The van der Waals surface area contributed by atoms with Crippen LogP contribution >= 0.6 is 0 Å². The van der Waals surface area contributed by atoms with Crippen LogP contribution < -0.4 is 15.4 Å². The maximum Gasteiger partial charge on any atom is 0.319 e. The molecule has 1 aliphatic carbocycles. The first-order valence-corrected chi connectivity index (χ1v) is 9.08. The molecule has 24 heavy (non-hydrogen) atoms. The molecule has 0 saturated heterocycles. The zero-order valence-electron chi connectivity index (χ0n) is 13.5. The van der Waals surface area contributed by atoms with E-state index in [-0.39, 0.29) is 23.9 Å². The predicted molar refractivity (Wildman–Crippen MR) is 88.5 cm³/mol. The fourth-order valence-electron chi connectivity index (χ4n) is 2.30. The molecule has 1 aliphatic rings. The minimum Gasteiger partial charge on any atom is -0.481 e. The lowest BCUT2D eigenvalue weighted by Crippen LogP contribution is -2.31. The number of aryl methyl sites for hydroxylation is 1. The Kier molecular flexibility index (Phi) is 5.45. The first-order chi connectivity index (χ1) is 11.2. The number of hydrogen-bond acceptors (Lipinski definition) is 4. The van der Waals surface area contributed by atoms with Crippen LogP contribution in [0.2, 0.25) is 0 Å². The van der Waals surface area contributed by atoms with Crippen molar-refractivity contribution in [3.8, 4) is 0 Å². The van der Waals surface area contributed by atoms with Gasteiger partial charge in [-0.2, -0.15) is 0 Å². The van der Waals surface area contributed by atoms with Gasteiger partial charge in [0.2, 0.25) is 10.0 Å². The fourth-order valence-corrected chi connectivity index (χ4v) is 4.10. The zero-order valence-corrected chi connectivity index (χ0v) is 14.4. The largest absolute Gasteiger partial charge is 0.481 e. The molecule has 8 nitrogen and oxygen atoms in total. The van der Waals surface area contributed by atoms with E-state index >= 15 is 0 Å². The molecule has 132 valence electrons. The number of rotatable bonds is 7. The monoisotopic (exact) mass is 355 g/mol. The number of urea groups is 1. The van der Waals surface area contributed by atoms with E-state index in [0.717, 1.165) is 12.8 Å². The molecular formula is C15H21N3O5S. The van der Waals surface area contributed by atoms with Crippen LogP contribution in [0.5, 0.6) is 0 Å². The molecular weight excluding hydrogens is 334 g/mol. The molecule has 0 aliphatic heterocycles. The number of nitrogens with one attached hydrogen (secondary N) is 3. The third kappa shape index (κ3) is 4.68. The van der Waals surface area contributed by atoms with Gasteiger partial charge < -0.3 is 15.7 Å². The highest BCUT2D eigenvalue weighted by Crippen LogP contribution is 2.29. The van der Waals surface area contributed by atoms with Crippen molar-refractivity contribution in [1.82, 2.24) is 10.0 Å². The van der Waals surface area contributed by atoms with E-state index in [1.807, 2.05) is 0 Å². The van der Waals surface area contributed by atoms with Crippen molar-refractivity contribution in [2.75, 3.05) is 11.9 Å². The highest BCUT2D eigenvalue weighted by atomic mass is 32.2. The molecule has 1 fully saturated rings. The Hall–Kier alpha value is -2.13. The summed E-state index contributed by atoms with van der Waals surface area (Å²) in [6.45, 7) is 3.31. The number of carboxylic acids is 1. The molecule has 1 aromatic rings. The van der Waals surface area contributed by atoms with Gasteiger partial charge in [0.1, 0.15) is 0 Å². The maximum absolute atomic E-state index is 12.5. The van der Waals surface area contributed by atoms with Crippen molar-refractivity contribution < 1.29 is 23.1 Å². The van der Waals surface area contributed by atoms with E-state index in [1.165, 1.54) is 0 Å². The highest BCUT2D eigenvalue weighted by Gasteiger charge is 2.30. The minimum atomic E-state index is -3.64. The number of amides is 2. The predicted octanol–water partition coefficient (Wildman–Crippen LogP) is 1.34. The standard InChI is InChI=1S/C15H21N3O5S/c1-9-3-6-12(17-15(21)16-8-7-13(19)20)10(2)14(9)24(22,23)18-11-4-5-11/h3,6,11,18H,4-5,7-8H2,1-2H3,(H,19,20)(H2,16,17,21). The van der Waals surface area contributed by atoms with Gasteiger partial charge in [-0.15, -0.1) is 0 Å². The van der Waals surface area contributed by atoms with Crippen molar-refractivity contribution >= 4 is 27.7 Å². The average Bonchev–Trinajstić information content (AvgIpc) is 3.24. The van der Waals surface area contributed by atoms with Crippen molar-refractivity contribution in [3.63, 3.8) is 0 Å². The summed E-state index contributed by atoms with van der Waals surface area (Å²) in [4.78, 5) is 22.4. The lowest BCUT2D eigenvalue weighted by molar-refractivity contribution is -0.136. The second kappa shape index (κ2) is 7.18. The number of aliphatic carboxylic acids is 1. The van der Waals surface area contributed by atoms with Gasteiger partial charge in [-0.25, -0.2) is 17.9 Å². The van der Waals surface area contributed by atoms with Crippen LogP contribution in [0.15, 0.2) is 17.0 Å². The van der Waals surface area contributed by atoms with Gasteiger partial charge in [0.05, 0.1) is 11.3 Å². The number of carbonyl (C=O) groups is 2. The number of carbonyl (C=O) groups excluding carboxylic acids is 1. The van der Waals surface area contributed by atoms with Crippen molar-refractivity contribution in [1.29, 1.82) is 0 Å². The molecule has 0 bridgehead atoms. The summed E-state index contributed by atoms with van der Waals surface area (Å²) in [6.07, 6.45) is 1.48. The van der Waals surface area contributed by atoms with Crippen LogP contribution in [0.3, 0.4) is 0 Å². The number of sulfonamides is 1. The van der Waals surface area contributed by atoms with E-state index in [1.54, 1.807) is 26.0 Å². The topological polar surface area (TPSA) is 125 Å². The first-order valence-electron chi connectivity index (χ1n) is 7.60. The maximum atomic E-state index is 12.5. The smallest absolute Gasteiger partial charge is 0.319 e. The normalized spacial score (nSPS) is 14.2. The van der Waals surface area contributed by atoms with Crippen LogP contribution in [0, 0.1) is 13.8 Å². The zero-order chi connectivity index (χ0) is 17.9. The van der Waals surface area contributed by atoms with Crippen molar-refractivity contribution in [2.24, 2.45) is 0 Å². The Bertz CT molecular complexity index is 757. The molecule has 1 saturated carbocycles. The summed E-state index contributed by atoms with van der Waals surface area (Å²) in [7, 11) is -3.64. The third-order valence-corrected chi connectivity index (χ3v) is 5.45. The van der Waals surface area contributed by atoms with Crippen LogP contribution in [-0.2, 0) is 14.8 Å². The Morgan fingerprint density at radius 3 is 2.50 bits per heavy atom. The summed E-state index contributed by atoms with van der Waals surface area (Å²) in [5.41, 5.74) is 1.40. The summed E-state index contributed by atoms with van der Waals surface area (Å²) in [5, 5.41) is 13.5. The van der Waals surface area contributed by atoms with Gasteiger partial charge in [0.15, 0.2) is 0 Å². The average molecular weight is 355 g/mol. The van der Waals surface area contributed by atoms with Gasteiger partial charge in [0, 0.05) is 18.3 Å². The van der Waals surface area contributed by atoms with Crippen molar-refractivity contribution in [2.45, 2.75) is 44.0 Å². The van der Waals surface area contributed by atoms with E-state index in [2.05, 4.69) is 15.4 Å². The molecule has 0 aromatic heterocycles. The summed E-state index contributed by atoms with van der Waals surface area (Å²) < 4.78 is 27.6. The molecule has 0 unspecified atom stereocenters. The van der Waals surface area contributed by atoms with Crippen LogP contribution in [0.1, 0.15) is 30.4 Å². The highest BCUT2D eigenvalue weighted by molar-refractivity contribution is 7.89. The van der Waals surface area contributed by atoms with Gasteiger partial charge >= 0.3 is 12.0 Å². The molecule has 1 aromatic carbocycles. The van der Waals surface area contributed by atoms with Crippen LogP contribution in [0.25, 0.3) is 0 Å². The Balaban J connectivity index is 2.15. The summed E-state index contributed by atoms with van der Waals surface area (Å²) >= 11 is 0. The van der Waals surface area contributed by atoms with Crippen LogP contribution in [-0.4, -0.2) is 38.1 Å². The third-order valence-electron chi connectivity index (χ3n) is 3.64. The van der Waals surface area contributed by atoms with Gasteiger partial charge in [-0.3, -0.25) is 4.79 Å². The Labute approximate surface area is 140 Å². The molecule has 2 amide bonds. The number of benzene rings is 1. The van der Waals surface area contributed by atoms with Gasteiger partial charge in [-0.05, 0) is 43.9 Å². The molecule has 4 N–H and O–H groups in total. The lowest BCUT2D eigenvalue weighted by atomic mass is 10.1. The van der Waals surface area contributed by atoms with E-state index in [4.69, 9.17) is 5.11 Å². The number of hydrogen-bond donors (Lipinski definition) is 4. The van der Waals surface area contributed by atoms with E-state index in [0.29, 0.717) is 16.8 Å². The summed E-state index contributed by atoms with van der Waals surface area (Å²) in [5.74, 6) is -1.01. The SMILES string of the molecule is Cc1ccc(NC(=O)NCCC(=O)O)c(C)c1S(=O)(=O)NC1CC1. The van der Waals surface area contributed by atoms with Gasteiger partial charge in [-0.1, -0.05) is 6.07 Å². The number of anilines is 1. The molecule has 0 spiro atoms. The lowest BCUT2D eigenvalue weighted by Gasteiger charge is -2.16. The van der Waals surface area contributed by atoms with Gasteiger partial charge in [0.25, 0.3) is 0 Å². The Morgan fingerprint density at radius 1 is 1.25 bits per heavy atom. The fraction of sp³-hybridized carbons (Fsp3) is 0.467. The molecule has 9 heteroatoms. The molecule has 0 atom stereocenters. The van der Waals surface area contributed by atoms with E-state index in [9.17, 15) is 18.0 Å². The quantitative estimate of drug-likeness (QED) is 0.587. The number of carboxylic acid groups (broad SMARTS) is 1. The molecule has 0 radical (unpaired) electrons. The van der Waals surface area contributed by atoms with E-state index < -0.39 is 22.0 Å². The molecule has 0 heterocycles. The second-order valence-corrected chi connectivity index (χ2v) is 7.46. The summed E-state index contributed by atoms with van der Waals surface area (Å²) in [6, 6.07) is 2.66. The Morgan fingerprint density at radius 2 is 1.92 bits per heavy atom. The minimum absolute atomic E-state index is 0.00951. The van der Waals surface area contributed by atoms with Crippen LogP contribution in [0.4, 0.5) is 10.5 Å². The first kappa shape index (κ1) is 18.2. The molecule has 2 rings (SSSR count). The van der Waals surface area contributed by atoms with Crippen molar-refractivity contribution in [3.05, 3.63) is 23.3 Å².